The lowest BCUT2D eigenvalue weighted by molar-refractivity contribution is -0.139. The van der Waals surface area contributed by atoms with Crippen LogP contribution in [0.1, 0.15) is 12.8 Å². The lowest BCUT2D eigenvalue weighted by Crippen LogP contribution is -2.52. The fourth-order valence-electron chi connectivity index (χ4n) is 2.01. The van der Waals surface area contributed by atoms with E-state index in [9.17, 15) is 14.7 Å². The average Bonchev–Trinajstić information content (AvgIpc) is 2.44. The minimum absolute atomic E-state index is 0.0413. The molecule has 2 rings (SSSR count). The van der Waals surface area contributed by atoms with Crippen LogP contribution in [0.3, 0.4) is 0 Å². The number of likely N-dealkylation sites (tertiary alicyclic amines) is 2. The second kappa shape index (κ2) is 3.69. The van der Waals surface area contributed by atoms with Gasteiger partial charge < -0.3 is 15.1 Å². The molecule has 0 aromatic rings. The first kappa shape index (κ1) is 10.2. The molecule has 0 saturated carbocycles. The number of nitrogens with zero attached hydrogens (tertiary/aromatic N) is 2. The van der Waals surface area contributed by atoms with Gasteiger partial charge in [-0.2, -0.15) is 0 Å². The van der Waals surface area contributed by atoms with Crippen molar-refractivity contribution in [2.24, 2.45) is 0 Å². The predicted molar refractivity (Wildman–Crippen MR) is 50.3 cm³/mol. The van der Waals surface area contributed by atoms with Crippen molar-refractivity contribution in [3.63, 3.8) is 0 Å². The second-order valence-electron chi connectivity index (χ2n) is 4.02. The second-order valence-corrected chi connectivity index (χ2v) is 4.02. The highest BCUT2D eigenvalue weighted by Gasteiger charge is 2.41. The van der Waals surface area contributed by atoms with Crippen LogP contribution < -0.4 is 0 Å². The van der Waals surface area contributed by atoms with Gasteiger partial charge in [-0.25, -0.2) is 4.79 Å². The number of β-amino-alcohol motifs (C(OH)–C–C–N with tert-alkyl or cyclic N) is 1. The van der Waals surface area contributed by atoms with Crippen LogP contribution in [-0.2, 0) is 4.79 Å². The van der Waals surface area contributed by atoms with Crippen LogP contribution in [0.2, 0.25) is 0 Å². The summed E-state index contributed by atoms with van der Waals surface area (Å²) in [6.45, 7) is 1.46. The van der Waals surface area contributed by atoms with Gasteiger partial charge in [0, 0.05) is 19.5 Å². The van der Waals surface area contributed by atoms with E-state index in [0.717, 1.165) is 11.3 Å². The van der Waals surface area contributed by atoms with Crippen molar-refractivity contribution >= 4 is 12.0 Å². The Morgan fingerprint density at radius 1 is 1.27 bits per heavy atom. The molecule has 0 bridgehead atoms. The monoisotopic (exact) mass is 214 g/mol. The van der Waals surface area contributed by atoms with Gasteiger partial charge in [-0.05, 0) is 6.42 Å². The normalized spacial score (nSPS) is 30.2. The van der Waals surface area contributed by atoms with Gasteiger partial charge in [-0.3, -0.25) is 9.69 Å². The third kappa shape index (κ3) is 1.77. The van der Waals surface area contributed by atoms with Crippen molar-refractivity contribution in [1.82, 2.24) is 9.80 Å². The molecule has 2 N–H and O–H groups in total. The molecule has 2 atom stereocenters. The van der Waals surface area contributed by atoms with Crippen LogP contribution in [0.25, 0.3) is 0 Å². The van der Waals surface area contributed by atoms with Crippen LogP contribution in [0.15, 0.2) is 0 Å². The van der Waals surface area contributed by atoms with E-state index in [-0.39, 0.29) is 18.9 Å². The molecular weight excluding hydrogens is 200 g/mol. The summed E-state index contributed by atoms with van der Waals surface area (Å²) in [5.74, 6) is -0.166. The number of aliphatic hydroxyl groups excluding tert-OH is 1. The number of aliphatic hydroxyl groups is 1. The van der Waals surface area contributed by atoms with Crippen molar-refractivity contribution in [2.45, 2.75) is 25.0 Å². The molecule has 0 aromatic carbocycles. The first-order valence-corrected chi connectivity index (χ1v) is 5.06. The molecule has 2 heterocycles. The van der Waals surface area contributed by atoms with Crippen LogP contribution in [0.4, 0.5) is 4.79 Å². The Kier molecular flexibility index (Phi) is 2.52. The molecule has 0 radical (unpaired) electrons. The number of rotatable bonds is 1. The highest BCUT2D eigenvalue weighted by molar-refractivity contribution is 5.86. The summed E-state index contributed by atoms with van der Waals surface area (Å²) < 4.78 is 0. The number of amides is 2. The lowest BCUT2D eigenvalue weighted by Gasteiger charge is -2.34. The Hall–Kier alpha value is -1.30. The largest absolute Gasteiger partial charge is 0.465 e. The third-order valence-electron chi connectivity index (χ3n) is 2.98. The molecule has 2 amide bonds. The predicted octanol–water partition coefficient (Wildman–Crippen LogP) is -0.668. The van der Waals surface area contributed by atoms with Gasteiger partial charge in [0.2, 0.25) is 5.91 Å². The molecule has 6 nitrogen and oxygen atoms in total. The summed E-state index contributed by atoms with van der Waals surface area (Å²) in [7, 11) is 0. The number of carbonyl (C=O) groups excluding carboxylic acids is 1. The highest BCUT2D eigenvalue weighted by atomic mass is 16.4. The Morgan fingerprint density at radius 2 is 1.93 bits per heavy atom. The fourth-order valence-corrected chi connectivity index (χ4v) is 2.01. The van der Waals surface area contributed by atoms with Gasteiger partial charge in [0.1, 0.15) is 6.04 Å². The zero-order chi connectivity index (χ0) is 11.0. The molecule has 0 aliphatic carbocycles. The van der Waals surface area contributed by atoms with Crippen LogP contribution in [0, 0.1) is 0 Å². The van der Waals surface area contributed by atoms with E-state index in [1.807, 2.05) is 0 Å². The van der Waals surface area contributed by atoms with E-state index in [1.54, 1.807) is 4.90 Å². The van der Waals surface area contributed by atoms with Crippen LogP contribution >= 0.6 is 0 Å². The third-order valence-corrected chi connectivity index (χ3v) is 2.98. The summed E-state index contributed by atoms with van der Waals surface area (Å²) in [5, 5.41) is 18.2. The van der Waals surface area contributed by atoms with E-state index in [2.05, 4.69) is 0 Å². The van der Waals surface area contributed by atoms with Gasteiger partial charge in [0.15, 0.2) is 0 Å². The molecule has 2 aliphatic rings. The number of hydrogen-bond donors (Lipinski definition) is 2. The maximum atomic E-state index is 11.8. The van der Waals surface area contributed by atoms with Crippen molar-refractivity contribution in [2.75, 3.05) is 19.6 Å². The van der Waals surface area contributed by atoms with E-state index in [4.69, 9.17) is 5.11 Å². The van der Waals surface area contributed by atoms with E-state index < -0.39 is 18.2 Å². The average molecular weight is 214 g/mol. The van der Waals surface area contributed by atoms with Crippen molar-refractivity contribution < 1.29 is 19.8 Å². The topological polar surface area (TPSA) is 81.1 Å². The van der Waals surface area contributed by atoms with Gasteiger partial charge in [0.05, 0.1) is 12.6 Å². The maximum Gasteiger partial charge on any atom is 0.408 e. The fraction of sp³-hybridized carbons (Fsp3) is 0.778. The van der Waals surface area contributed by atoms with Gasteiger partial charge in [-0.15, -0.1) is 0 Å². The van der Waals surface area contributed by atoms with Gasteiger partial charge in [-0.1, -0.05) is 0 Å². The number of carboxylic acid groups (broad SMARTS) is 1. The Bertz CT molecular complexity index is 290. The molecule has 0 unspecified atom stereocenters. The Balaban J connectivity index is 2.05. The molecular formula is C9H14N2O4. The first-order valence-electron chi connectivity index (χ1n) is 5.06. The lowest BCUT2D eigenvalue weighted by atomic mass is 10.1. The maximum absolute atomic E-state index is 11.8. The molecule has 0 aromatic heterocycles. The minimum atomic E-state index is -1.13. The zero-order valence-electron chi connectivity index (χ0n) is 8.30. The molecule has 2 fully saturated rings. The standard InChI is InChI=1S/C9H14N2O4/c12-6-4-7(11(5-6)9(14)15)8(13)10-2-1-3-10/h6-7,12H,1-5H2,(H,14,15)/t6-,7-/m0/s1. The summed E-state index contributed by atoms with van der Waals surface area (Å²) in [6, 6.07) is -0.683. The summed E-state index contributed by atoms with van der Waals surface area (Å²) in [6.07, 6.45) is -0.642. The minimum Gasteiger partial charge on any atom is -0.465 e. The smallest absolute Gasteiger partial charge is 0.408 e. The quantitative estimate of drug-likeness (QED) is 0.606. The van der Waals surface area contributed by atoms with Gasteiger partial charge in [0.25, 0.3) is 0 Å². The first-order chi connectivity index (χ1) is 7.09. The molecule has 6 heteroatoms. The van der Waals surface area contributed by atoms with Crippen LogP contribution in [0.5, 0.6) is 0 Å². The SMILES string of the molecule is O=C([C@@H]1C[C@H](O)CN1C(=O)O)N1CCC1. The molecule has 2 saturated heterocycles. The molecule has 2 aliphatic heterocycles. The molecule has 0 spiro atoms. The van der Waals surface area contributed by atoms with Crippen molar-refractivity contribution in [1.29, 1.82) is 0 Å². The van der Waals surface area contributed by atoms with Crippen LogP contribution in [-0.4, -0.2) is 63.8 Å². The zero-order valence-corrected chi connectivity index (χ0v) is 8.30. The van der Waals surface area contributed by atoms with Gasteiger partial charge >= 0.3 is 6.09 Å². The number of carbonyl (C=O) groups is 2. The summed E-state index contributed by atoms with van der Waals surface area (Å²) in [5.41, 5.74) is 0. The molecule has 84 valence electrons. The number of hydrogen-bond acceptors (Lipinski definition) is 3. The van der Waals surface area contributed by atoms with Crippen molar-refractivity contribution in [3.8, 4) is 0 Å². The highest BCUT2D eigenvalue weighted by Crippen LogP contribution is 2.22. The Labute approximate surface area is 87.1 Å². The summed E-state index contributed by atoms with van der Waals surface area (Å²) in [4.78, 5) is 25.3. The summed E-state index contributed by atoms with van der Waals surface area (Å²) >= 11 is 0. The van der Waals surface area contributed by atoms with E-state index >= 15 is 0 Å². The van der Waals surface area contributed by atoms with E-state index in [1.165, 1.54) is 0 Å². The van der Waals surface area contributed by atoms with Crippen molar-refractivity contribution in [3.05, 3.63) is 0 Å². The van der Waals surface area contributed by atoms with E-state index in [0.29, 0.717) is 13.1 Å². The Morgan fingerprint density at radius 3 is 2.40 bits per heavy atom. The molecule has 15 heavy (non-hydrogen) atoms.